The first-order chi connectivity index (χ1) is 13.1. The minimum Gasteiger partial charge on any atom is -0.462 e. The SMILES string of the molecule is CCCCCC1CCC(OC(=O)C2CCC(C=CC=C(F)C#N)CC2)CC1. The zero-order valence-electron chi connectivity index (χ0n) is 16.7. The molecular formula is C23H34FNO2. The topological polar surface area (TPSA) is 50.1 Å². The standard InChI is InChI=1S/C23H34FNO2/c1-2-3-4-6-18-11-15-22(16-12-18)27-23(26)20-13-9-19(10-14-20)7-5-8-21(24)17-25/h5,7-8,18-20,22H,2-4,6,9-16H2,1H3. The largest absolute Gasteiger partial charge is 0.462 e. The summed E-state index contributed by atoms with van der Waals surface area (Å²) >= 11 is 0. The van der Waals surface area contributed by atoms with Crippen LogP contribution in [0.4, 0.5) is 4.39 Å². The molecule has 0 spiro atoms. The van der Waals surface area contributed by atoms with E-state index in [2.05, 4.69) is 6.92 Å². The smallest absolute Gasteiger partial charge is 0.309 e. The molecule has 0 unspecified atom stereocenters. The zero-order chi connectivity index (χ0) is 19.5. The Balaban J connectivity index is 1.64. The van der Waals surface area contributed by atoms with Crippen LogP contribution < -0.4 is 0 Å². The lowest BCUT2D eigenvalue weighted by Gasteiger charge is -2.31. The van der Waals surface area contributed by atoms with Gasteiger partial charge in [-0.1, -0.05) is 44.8 Å². The van der Waals surface area contributed by atoms with E-state index in [1.807, 2.05) is 6.08 Å². The van der Waals surface area contributed by atoms with Crippen molar-refractivity contribution in [3.63, 3.8) is 0 Å². The minimum absolute atomic E-state index is 0.0118. The number of unbranched alkanes of at least 4 members (excludes halogenated alkanes) is 2. The van der Waals surface area contributed by atoms with Crippen molar-refractivity contribution in [2.75, 3.05) is 0 Å². The highest BCUT2D eigenvalue weighted by Gasteiger charge is 2.30. The quantitative estimate of drug-likeness (QED) is 0.213. The van der Waals surface area contributed by atoms with Crippen molar-refractivity contribution in [2.24, 2.45) is 17.8 Å². The lowest BCUT2D eigenvalue weighted by molar-refractivity contribution is -0.157. The van der Waals surface area contributed by atoms with E-state index >= 15 is 0 Å². The van der Waals surface area contributed by atoms with Gasteiger partial charge in [0.1, 0.15) is 12.2 Å². The number of rotatable bonds is 8. The molecule has 2 fully saturated rings. The van der Waals surface area contributed by atoms with E-state index < -0.39 is 5.83 Å². The van der Waals surface area contributed by atoms with Crippen LogP contribution in [-0.2, 0) is 9.53 Å². The van der Waals surface area contributed by atoms with Gasteiger partial charge in [0.25, 0.3) is 0 Å². The molecule has 2 aliphatic rings. The van der Waals surface area contributed by atoms with Crippen LogP contribution >= 0.6 is 0 Å². The van der Waals surface area contributed by atoms with Crippen LogP contribution in [0.5, 0.6) is 0 Å². The Morgan fingerprint density at radius 2 is 1.81 bits per heavy atom. The number of carbonyl (C=O) groups is 1. The Morgan fingerprint density at radius 3 is 2.44 bits per heavy atom. The van der Waals surface area contributed by atoms with E-state index in [1.165, 1.54) is 50.7 Å². The fourth-order valence-electron chi connectivity index (χ4n) is 4.36. The van der Waals surface area contributed by atoms with Crippen LogP contribution in [-0.4, -0.2) is 12.1 Å². The molecule has 0 aromatic heterocycles. The van der Waals surface area contributed by atoms with Gasteiger partial charge in [-0.2, -0.15) is 9.65 Å². The average molecular weight is 376 g/mol. The van der Waals surface area contributed by atoms with E-state index in [4.69, 9.17) is 10.00 Å². The molecular weight excluding hydrogens is 341 g/mol. The van der Waals surface area contributed by atoms with Crippen molar-refractivity contribution in [3.05, 3.63) is 24.1 Å². The Hall–Kier alpha value is -1.63. The third-order valence-corrected chi connectivity index (χ3v) is 6.13. The maximum absolute atomic E-state index is 12.8. The summed E-state index contributed by atoms with van der Waals surface area (Å²) in [6.07, 6.45) is 18.1. The van der Waals surface area contributed by atoms with E-state index in [1.54, 1.807) is 6.08 Å². The van der Waals surface area contributed by atoms with Crippen LogP contribution in [0.3, 0.4) is 0 Å². The molecule has 27 heavy (non-hydrogen) atoms. The molecule has 0 aromatic rings. The summed E-state index contributed by atoms with van der Waals surface area (Å²) in [5.41, 5.74) is 0. The van der Waals surface area contributed by atoms with Gasteiger partial charge in [-0.05, 0) is 69.3 Å². The zero-order valence-corrected chi connectivity index (χ0v) is 16.7. The van der Waals surface area contributed by atoms with Crippen molar-refractivity contribution in [3.8, 4) is 6.07 Å². The summed E-state index contributed by atoms with van der Waals surface area (Å²) in [4.78, 5) is 12.5. The predicted molar refractivity (Wildman–Crippen MR) is 105 cm³/mol. The second-order valence-corrected chi connectivity index (χ2v) is 8.20. The van der Waals surface area contributed by atoms with Crippen molar-refractivity contribution < 1.29 is 13.9 Å². The Labute approximate surface area is 163 Å². The van der Waals surface area contributed by atoms with Gasteiger partial charge in [-0.15, -0.1) is 0 Å². The molecule has 0 heterocycles. The first-order valence-electron chi connectivity index (χ1n) is 10.8. The second kappa shape index (κ2) is 12.0. The molecule has 4 heteroatoms. The molecule has 2 aliphatic carbocycles. The molecule has 0 radical (unpaired) electrons. The Bertz CT molecular complexity index is 547. The van der Waals surface area contributed by atoms with Crippen LogP contribution in [0.15, 0.2) is 24.1 Å². The van der Waals surface area contributed by atoms with Gasteiger partial charge in [-0.25, -0.2) is 0 Å². The molecule has 0 amide bonds. The summed E-state index contributed by atoms with van der Waals surface area (Å²) in [5.74, 6) is 0.415. The molecule has 2 rings (SSSR count). The monoisotopic (exact) mass is 375 g/mol. The van der Waals surface area contributed by atoms with Crippen LogP contribution in [0.25, 0.3) is 0 Å². The third-order valence-electron chi connectivity index (χ3n) is 6.13. The molecule has 0 aliphatic heterocycles. The van der Waals surface area contributed by atoms with Crippen molar-refractivity contribution >= 4 is 5.97 Å². The fraction of sp³-hybridized carbons (Fsp3) is 0.739. The molecule has 0 aromatic carbocycles. The summed E-state index contributed by atoms with van der Waals surface area (Å²) in [7, 11) is 0. The number of hydrogen-bond donors (Lipinski definition) is 0. The Morgan fingerprint density at radius 1 is 1.11 bits per heavy atom. The summed E-state index contributed by atoms with van der Waals surface area (Å²) < 4.78 is 18.6. The molecule has 0 bridgehead atoms. The van der Waals surface area contributed by atoms with Gasteiger partial charge in [0, 0.05) is 0 Å². The molecule has 150 valence electrons. The summed E-state index contributed by atoms with van der Waals surface area (Å²) in [6, 6.07) is 1.46. The maximum atomic E-state index is 12.8. The average Bonchev–Trinajstić information content (AvgIpc) is 2.70. The molecule has 3 nitrogen and oxygen atoms in total. The van der Waals surface area contributed by atoms with Crippen LogP contribution in [0, 0.1) is 29.1 Å². The third kappa shape index (κ3) is 7.87. The Kier molecular flexibility index (Phi) is 9.59. The van der Waals surface area contributed by atoms with Gasteiger partial charge < -0.3 is 4.74 Å². The number of nitrogens with zero attached hydrogens (tertiary/aromatic N) is 1. The predicted octanol–water partition coefficient (Wildman–Crippen LogP) is 6.41. The van der Waals surface area contributed by atoms with Crippen LogP contribution in [0.1, 0.15) is 84.0 Å². The normalized spacial score (nSPS) is 29.4. The van der Waals surface area contributed by atoms with Gasteiger partial charge in [0.15, 0.2) is 5.83 Å². The highest BCUT2D eigenvalue weighted by molar-refractivity contribution is 5.72. The molecule has 2 saturated carbocycles. The van der Waals surface area contributed by atoms with Gasteiger partial charge in [0.05, 0.1) is 5.92 Å². The van der Waals surface area contributed by atoms with Gasteiger partial charge in [-0.3, -0.25) is 4.79 Å². The number of allylic oxidation sites excluding steroid dienone is 4. The molecule has 0 N–H and O–H groups in total. The molecule has 0 saturated heterocycles. The van der Waals surface area contributed by atoms with E-state index in [0.29, 0.717) is 5.92 Å². The number of carbonyl (C=O) groups excluding carboxylic acids is 1. The first-order valence-corrected chi connectivity index (χ1v) is 10.8. The minimum atomic E-state index is -0.774. The highest BCUT2D eigenvalue weighted by Crippen LogP contribution is 2.33. The van der Waals surface area contributed by atoms with Crippen LogP contribution in [0.2, 0.25) is 0 Å². The number of ether oxygens (including phenoxy) is 1. The number of halogens is 1. The van der Waals surface area contributed by atoms with Gasteiger partial charge >= 0.3 is 5.97 Å². The van der Waals surface area contributed by atoms with Crippen molar-refractivity contribution in [1.29, 1.82) is 5.26 Å². The van der Waals surface area contributed by atoms with Gasteiger partial charge in [0.2, 0.25) is 0 Å². The lowest BCUT2D eigenvalue weighted by Crippen LogP contribution is -2.30. The fourth-order valence-corrected chi connectivity index (χ4v) is 4.36. The maximum Gasteiger partial charge on any atom is 0.309 e. The summed E-state index contributed by atoms with van der Waals surface area (Å²) in [6.45, 7) is 2.24. The highest BCUT2D eigenvalue weighted by atomic mass is 19.1. The second-order valence-electron chi connectivity index (χ2n) is 8.20. The van der Waals surface area contributed by atoms with E-state index in [-0.39, 0.29) is 18.0 Å². The first kappa shape index (κ1) is 21.7. The number of nitriles is 1. The van der Waals surface area contributed by atoms with Crippen molar-refractivity contribution in [2.45, 2.75) is 90.1 Å². The van der Waals surface area contributed by atoms with E-state index in [0.717, 1.165) is 44.4 Å². The van der Waals surface area contributed by atoms with Crippen molar-refractivity contribution in [1.82, 2.24) is 0 Å². The summed E-state index contributed by atoms with van der Waals surface area (Å²) in [5, 5.41) is 8.39. The number of hydrogen-bond acceptors (Lipinski definition) is 3. The number of esters is 1. The molecule has 0 atom stereocenters. The van der Waals surface area contributed by atoms with E-state index in [9.17, 15) is 9.18 Å². The lowest BCUT2D eigenvalue weighted by atomic mass is 9.81.